The van der Waals surface area contributed by atoms with Gasteiger partial charge in [0.15, 0.2) is 0 Å². The average Bonchev–Trinajstić information content (AvgIpc) is 2.76. The van der Waals surface area contributed by atoms with E-state index in [4.69, 9.17) is 22.3 Å². The van der Waals surface area contributed by atoms with Gasteiger partial charge in [-0.15, -0.1) is 0 Å². The van der Waals surface area contributed by atoms with E-state index in [0.717, 1.165) is 23.4 Å². The molecule has 1 heterocycles. The Morgan fingerprint density at radius 2 is 1.62 bits per heavy atom. The van der Waals surface area contributed by atoms with E-state index < -0.39 is 0 Å². The maximum absolute atomic E-state index is 13.3. The van der Waals surface area contributed by atoms with E-state index in [9.17, 15) is 4.79 Å². The van der Waals surface area contributed by atoms with Gasteiger partial charge in [-0.1, -0.05) is 66.2 Å². The Labute approximate surface area is 174 Å². The second-order valence-electron chi connectivity index (χ2n) is 7.09. The second kappa shape index (κ2) is 8.60. The van der Waals surface area contributed by atoms with Gasteiger partial charge in [0, 0.05) is 18.0 Å². The number of fused-ring (bicyclic) bond motifs is 1. The highest BCUT2D eigenvalue weighted by molar-refractivity contribution is 6.31. The third-order valence-electron chi connectivity index (χ3n) is 5.04. The molecule has 0 spiro atoms. The largest absolute Gasteiger partial charge is 0.326 e. The van der Waals surface area contributed by atoms with Crippen molar-refractivity contribution in [2.45, 2.75) is 25.9 Å². The van der Waals surface area contributed by atoms with Gasteiger partial charge in [-0.05, 0) is 41.3 Å². The third kappa shape index (κ3) is 4.39. The smallest absolute Gasteiger partial charge is 0.261 e. The SMILES string of the molecule is NCc1cccc(Cn2c(CCc3ccccc3)nc3ccc(Cl)cc3c2=O)c1. The van der Waals surface area contributed by atoms with Gasteiger partial charge in [-0.3, -0.25) is 9.36 Å². The number of rotatable bonds is 6. The van der Waals surface area contributed by atoms with Crippen molar-refractivity contribution in [3.8, 4) is 0 Å². The predicted octanol–water partition coefficient (Wildman–Crippen LogP) is 4.34. The van der Waals surface area contributed by atoms with Crippen molar-refractivity contribution in [2.24, 2.45) is 5.73 Å². The van der Waals surface area contributed by atoms with Crippen LogP contribution >= 0.6 is 11.6 Å². The molecule has 0 saturated carbocycles. The maximum Gasteiger partial charge on any atom is 0.261 e. The molecule has 5 heteroatoms. The first-order chi connectivity index (χ1) is 14.1. The quantitative estimate of drug-likeness (QED) is 0.520. The molecule has 0 unspecified atom stereocenters. The summed E-state index contributed by atoms with van der Waals surface area (Å²) in [6, 6.07) is 23.5. The lowest BCUT2D eigenvalue weighted by Gasteiger charge is -2.14. The van der Waals surface area contributed by atoms with Crippen molar-refractivity contribution in [1.82, 2.24) is 9.55 Å². The summed E-state index contributed by atoms with van der Waals surface area (Å²) in [4.78, 5) is 18.1. The van der Waals surface area contributed by atoms with Crippen molar-refractivity contribution < 1.29 is 0 Å². The number of benzene rings is 3. The number of hydrogen-bond donors (Lipinski definition) is 1. The summed E-state index contributed by atoms with van der Waals surface area (Å²) >= 11 is 6.13. The van der Waals surface area contributed by atoms with Crippen LogP contribution in [-0.4, -0.2) is 9.55 Å². The lowest BCUT2D eigenvalue weighted by molar-refractivity contribution is 0.670. The first kappa shape index (κ1) is 19.4. The Morgan fingerprint density at radius 3 is 2.41 bits per heavy atom. The standard InChI is InChI=1S/C24H22ClN3O/c25-20-10-11-22-21(14-20)24(29)28(16-19-8-4-7-18(13-19)15-26)23(27-22)12-9-17-5-2-1-3-6-17/h1-8,10-11,13-14H,9,12,15-16,26H2. The number of halogens is 1. The van der Waals surface area contributed by atoms with Crippen LogP contribution in [0.15, 0.2) is 77.6 Å². The molecule has 0 saturated heterocycles. The van der Waals surface area contributed by atoms with Gasteiger partial charge in [-0.2, -0.15) is 0 Å². The molecule has 0 aliphatic carbocycles. The molecule has 29 heavy (non-hydrogen) atoms. The van der Waals surface area contributed by atoms with Crippen LogP contribution in [0.2, 0.25) is 5.02 Å². The van der Waals surface area contributed by atoms with Crippen molar-refractivity contribution in [3.63, 3.8) is 0 Å². The number of aryl methyl sites for hydroxylation is 2. The summed E-state index contributed by atoms with van der Waals surface area (Å²) in [7, 11) is 0. The zero-order chi connectivity index (χ0) is 20.2. The number of nitrogens with zero attached hydrogens (tertiary/aromatic N) is 2. The summed E-state index contributed by atoms with van der Waals surface area (Å²) in [5.41, 5.74) is 9.67. The van der Waals surface area contributed by atoms with Gasteiger partial charge in [-0.25, -0.2) is 4.98 Å². The summed E-state index contributed by atoms with van der Waals surface area (Å²) in [5.74, 6) is 0.770. The highest BCUT2D eigenvalue weighted by atomic mass is 35.5. The minimum absolute atomic E-state index is 0.0706. The Hall–Kier alpha value is -2.95. The number of nitrogens with two attached hydrogens (primary N) is 1. The summed E-state index contributed by atoms with van der Waals surface area (Å²) in [5, 5.41) is 1.07. The average molecular weight is 404 g/mol. The van der Waals surface area contributed by atoms with Gasteiger partial charge in [0.2, 0.25) is 0 Å². The van der Waals surface area contributed by atoms with Crippen LogP contribution in [0.25, 0.3) is 10.9 Å². The van der Waals surface area contributed by atoms with E-state index in [0.29, 0.717) is 35.4 Å². The van der Waals surface area contributed by atoms with Gasteiger partial charge in [0.25, 0.3) is 5.56 Å². The molecular formula is C24H22ClN3O. The van der Waals surface area contributed by atoms with Crippen LogP contribution in [0.3, 0.4) is 0 Å². The fraction of sp³-hybridized carbons (Fsp3) is 0.167. The van der Waals surface area contributed by atoms with E-state index in [-0.39, 0.29) is 5.56 Å². The lowest BCUT2D eigenvalue weighted by Crippen LogP contribution is -2.26. The highest BCUT2D eigenvalue weighted by Crippen LogP contribution is 2.17. The van der Waals surface area contributed by atoms with E-state index in [2.05, 4.69) is 12.1 Å². The number of hydrogen-bond acceptors (Lipinski definition) is 3. The van der Waals surface area contributed by atoms with E-state index in [1.54, 1.807) is 16.7 Å². The molecule has 0 radical (unpaired) electrons. The molecule has 0 amide bonds. The summed E-state index contributed by atoms with van der Waals surface area (Å²) in [6.45, 7) is 0.918. The maximum atomic E-state index is 13.3. The van der Waals surface area contributed by atoms with Gasteiger partial charge >= 0.3 is 0 Å². The van der Waals surface area contributed by atoms with Crippen molar-refractivity contribution in [1.29, 1.82) is 0 Å². The minimum Gasteiger partial charge on any atom is -0.326 e. The summed E-state index contributed by atoms with van der Waals surface area (Å²) < 4.78 is 1.76. The molecule has 0 bridgehead atoms. The van der Waals surface area contributed by atoms with Crippen LogP contribution in [0.4, 0.5) is 0 Å². The van der Waals surface area contributed by atoms with Crippen LogP contribution < -0.4 is 11.3 Å². The van der Waals surface area contributed by atoms with Crippen molar-refractivity contribution >= 4 is 22.5 Å². The van der Waals surface area contributed by atoms with Crippen molar-refractivity contribution in [2.75, 3.05) is 0 Å². The van der Waals surface area contributed by atoms with Crippen LogP contribution in [0, 0.1) is 0 Å². The number of aromatic nitrogens is 2. The Balaban J connectivity index is 1.77. The molecule has 146 valence electrons. The van der Waals surface area contributed by atoms with Crippen LogP contribution in [0.1, 0.15) is 22.5 Å². The molecular weight excluding hydrogens is 382 g/mol. The van der Waals surface area contributed by atoms with Gasteiger partial charge < -0.3 is 5.73 Å². The minimum atomic E-state index is -0.0706. The first-order valence-corrected chi connectivity index (χ1v) is 10.0. The first-order valence-electron chi connectivity index (χ1n) is 9.65. The lowest BCUT2D eigenvalue weighted by atomic mass is 10.1. The zero-order valence-corrected chi connectivity index (χ0v) is 16.8. The topological polar surface area (TPSA) is 60.9 Å². The molecule has 4 nitrogen and oxygen atoms in total. The highest BCUT2D eigenvalue weighted by Gasteiger charge is 2.12. The van der Waals surface area contributed by atoms with Crippen LogP contribution in [0.5, 0.6) is 0 Å². The van der Waals surface area contributed by atoms with E-state index >= 15 is 0 Å². The monoisotopic (exact) mass is 403 g/mol. The molecule has 1 aromatic heterocycles. The predicted molar refractivity (Wildman–Crippen MR) is 118 cm³/mol. The fourth-order valence-corrected chi connectivity index (χ4v) is 3.70. The zero-order valence-electron chi connectivity index (χ0n) is 16.0. The van der Waals surface area contributed by atoms with Gasteiger partial charge in [0.1, 0.15) is 5.82 Å². The van der Waals surface area contributed by atoms with Crippen molar-refractivity contribution in [3.05, 3.63) is 111 Å². The molecule has 3 aromatic carbocycles. The second-order valence-corrected chi connectivity index (χ2v) is 7.53. The molecule has 0 fully saturated rings. The third-order valence-corrected chi connectivity index (χ3v) is 5.28. The Bertz CT molecular complexity index is 1200. The molecule has 2 N–H and O–H groups in total. The van der Waals surface area contributed by atoms with E-state index in [1.165, 1.54) is 5.56 Å². The molecule has 4 rings (SSSR count). The molecule has 0 aliphatic rings. The molecule has 0 aliphatic heterocycles. The molecule has 0 atom stereocenters. The molecule has 4 aromatic rings. The van der Waals surface area contributed by atoms with Crippen LogP contribution in [-0.2, 0) is 25.9 Å². The Morgan fingerprint density at radius 1 is 0.862 bits per heavy atom. The summed E-state index contributed by atoms with van der Waals surface area (Å²) in [6.07, 6.45) is 1.49. The fourth-order valence-electron chi connectivity index (χ4n) is 3.53. The normalized spacial score (nSPS) is 11.1. The Kier molecular flexibility index (Phi) is 5.74. The van der Waals surface area contributed by atoms with E-state index in [1.807, 2.05) is 48.5 Å². The van der Waals surface area contributed by atoms with Gasteiger partial charge in [0.05, 0.1) is 17.4 Å².